The molecule has 0 spiro atoms. The number of nitro benzene ring substituents is 1. The molecule has 0 atom stereocenters. The monoisotopic (exact) mass is 402 g/mol. The molecule has 1 aromatic heterocycles. The van der Waals surface area contributed by atoms with Crippen molar-refractivity contribution in [2.24, 2.45) is 0 Å². The van der Waals surface area contributed by atoms with E-state index in [0.29, 0.717) is 4.90 Å². The number of aromatic carboxylic acids is 1. The summed E-state index contributed by atoms with van der Waals surface area (Å²) < 4.78 is 0.732. The van der Waals surface area contributed by atoms with Crippen molar-refractivity contribution in [3.63, 3.8) is 0 Å². The lowest BCUT2D eigenvalue weighted by Crippen LogP contribution is -1.99. The fraction of sp³-hybridized carbons (Fsp3) is 0. The van der Waals surface area contributed by atoms with Crippen LogP contribution in [0.1, 0.15) is 10.5 Å². The summed E-state index contributed by atoms with van der Waals surface area (Å²) in [5, 5.41) is 19.5. The smallest absolute Gasteiger partial charge is 0.354 e. The average molecular weight is 402 g/mol. The van der Waals surface area contributed by atoms with Gasteiger partial charge < -0.3 is 5.11 Å². The minimum Gasteiger partial charge on any atom is -0.477 e. The van der Waals surface area contributed by atoms with Crippen molar-refractivity contribution in [2.45, 2.75) is 9.79 Å². The Balaban J connectivity index is 2.28. The molecular weight excluding hydrogens is 395 g/mol. The van der Waals surface area contributed by atoms with Crippen LogP contribution in [0.3, 0.4) is 0 Å². The van der Waals surface area contributed by atoms with Crippen LogP contribution in [0.2, 0.25) is 0 Å². The van der Waals surface area contributed by atoms with Gasteiger partial charge >= 0.3 is 5.97 Å². The number of benzene rings is 1. The van der Waals surface area contributed by atoms with E-state index >= 15 is 0 Å². The van der Waals surface area contributed by atoms with E-state index in [1.165, 1.54) is 36.2 Å². The highest BCUT2D eigenvalue weighted by atomic mass is 127. The Kier molecular flexibility index (Phi) is 4.55. The zero-order valence-electron chi connectivity index (χ0n) is 9.82. The summed E-state index contributed by atoms with van der Waals surface area (Å²) in [6, 6.07) is 7.69. The molecule has 0 saturated carbocycles. The van der Waals surface area contributed by atoms with E-state index in [2.05, 4.69) is 4.98 Å². The Hall–Kier alpha value is -1.68. The van der Waals surface area contributed by atoms with Crippen LogP contribution in [-0.4, -0.2) is 21.0 Å². The van der Waals surface area contributed by atoms with Gasteiger partial charge in [-0.1, -0.05) is 11.8 Å². The Morgan fingerprint density at radius 2 is 2.10 bits per heavy atom. The molecule has 0 bridgehead atoms. The molecule has 0 aliphatic heterocycles. The number of nitrogens with zero attached hydrogens (tertiary/aromatic N) is 2. The lowest BCUT2D eigenvalue weighted by Gasteiger charge is -2.04. The number of non-ortho nitro benzene ring substituents is 1. The highest BCUT2D eigenvalue weighted by Crippen LogP contribution is 2.33. The fourth-order valence-corrected chi connectivity index (χ4v) is 3.08. The van der Waals surface area contributed by atoms with E-state index < -0.39 is 10.9 Å². The second-order valence-electron chi connectivity index (χ2n) is 3.66. The summed E-state index contributed by atoms with van der Waals surface area (Å²) in [6.45, 7) is 0. The standard InChI is InChI=1S/C12H7IN2O4S/c13-9-5-7(15(18)19)1-2-11(9)20-8-3-4-14-10(6-8)12(16)17/h1-6H,(H,16,17). The molecule has 2 rings (SSSR count). The molecule has 0 aliphatic carbocycles. The van der Waals surface area contributed by atoms with E-state index in [4.69, 9.17) is 5.11 Å². The Morgan fingerprint density at radius 3 is 2.70 bits per heavy atom. The third-order valence-electron chi connectivity index (χ3n) is 2.30. The van der Waals surface area contributed by atoms with Crippen LogP contribution < -0.4 is 0 Å². The normalized spacial score (nSPS) is 10.2. The number of nitro groups is 1. The Morgan fingerprint density at radius 1 is 1.35 bits per heavy atom. The number of halogens is 1. The lowest BCUT2D eigenvalue weighted by molar-refractivity contribution is -0.385. The van der Waals surface area contributed by atoms with E-state index in [1.54, 1.807) is 12.1 Å². The highest BCUT2D eigenvalue weighted by molar-refractivity contribution is 14.1. The van der Waals surface area contributed by atoms with Gasteiger partial charge in [0.1, 0.15) is 5.69 Å². The third kappa shape index (κ3) is 3.45. The summed E-state index contributed by atoms with van der Waals surface area (Å²) in [7, 11) is 0. The SMILES string of the molecule is O=C(O)c1cc(Sc2ccc([N+](=O)[O-])cc2I)ccn1. The fourth-order valence-electron chi connectivity index (χ4n) is 1.40. The molecule has 1 heterocycles. The zero-order chi connectivity index (χ0) is 14.7. The van der Waals surface area contributed by atoms with Crippen molar-refractivity contribution in [3.05, 3.63) is 55.9 Å². The number of aromatic nitrogens is 1. The van der Waals surface area contributed by atoms with E-state index in [9.17, 15) is 14.9 Å². The molecule has 0 radical (unpaired) electrons. The zero-order valence-corrected chi connectivity index (χ0v) is 12.8. The molecule has 0 saturated heterocycles. The second kappa shape index (κ2) is 6.18. The molecule has 0 aliphatic rings. The van der Waals surface area contributed by atoms with E-state index in [1.807, 2.05) is 22.6 Å². The van der Waals surface area contributed by atoms with Gasteiger partial charge in [0.15, 0.2) is 0 Å². The first-order valence-corrected chi connectivity index (χ1v) is 7.18. The predicted molar refractivity (Wildman–Crippen MR) is 81.1 cm³/mol. The predicted octanol–water partition coefficient (Wildman–Crippen LogP) is 3.44. The molecule has 6 nitrogen and oxygen atoms in total. The summed E-state index contributed by atoms with van der Waals surface area (Å²) >= 11 is 3.34. The Bertz CT molecular complexity index is 693. The maximum absolute atomic E-state index is 10.8. The number of pyridine rings is 1. The van der Waals surface area contributed by atoms with Crippen molar-refractivity contribution < 1.29 is 14.8 Å². The van der Waals surface area contributed by atoms with Gasteiger partial charge in [0.2, 0.25) is 0 Å². The van der Waals surface area contributed by atoms with E-state index in [-0.39, 0.29) is 11.4 Å². The van der Waals surface area contributed by atoms with Gasteiger partial charge in [0.25, 0.3) is 5.69 Å². The average Bonchev–Trinajstić information content (AvgIpc) is 2.41. The maximum Gasteiger partial charge on any atom is 0.354 e. The molecule has 8 heteroatoms. The molecular formula is C12H7IN2O4S. The van der Waals surface area contributed by atoms with Crippen LogP contribution in [0.25, 0.3) is 0 Å². The van der Waals surface area contributed by atoms with Crippen LogP contribution in [0.5, 0.6) is 0 Å². The Labute approximate surface area is 131 Å². The van der Waals surface area contributed by atoms with Crippen LogP contribution >= 0.6 is 34.4 Å². The maximum atomic E-state index is 10.8. The quantitative estimate of drug-likeness (QED) is 0.479. The van der Waals surface area contributed by atoms with Gasteiger partial charge in [-0.25, -0.2) is 9.78 Å². The van der Waals surface area contributed by atoms with Crippen molar-refractivity contribution >= 4 is 46.0 Å². The van der Waals surface area contributed by atoms with Gasteiger partial charge in [0.05, 0.1) is 4.92 Å². The summed E-state index contributed by atoms with van der Waals surface area (Å²) in [6.07, 6.45) is 1.42. The van der Waals surface area contributed by atoms with Crippen LogP contribution in [-0.2, 0) is 0 Å². The summed E-state index contributed by atoms with van der Waals surface area (Å²) in [5.74, 6) is -1.09. The molecule has 2 aromatic rings. The molecule has 0 unspecified atom stereocenters. The first-order chi connectivity index (χ1) is 9.47. The van der Waals surface area contributed by atoms with Crippen molar-refractivity contribution in [1.82, 2.24) is 4.98 Å². The topological polar surface area (TPSA) is 93.3 Å². The number of carboxylic acids is 1. The minimum atomic E-state index is -1.09. The number of hydrogen-bond donors (Lipinski definition) is 1. The summed E-state index contributed by atoms with van der Waals surface area (Å²) in [5.41, 5.74) is -0.00776. The molecule has 102 valence electrons. The molecule has 1 aromatic carbocycles. The van der Waals surface area contributed by atoms with Crippen molar-refractivity contribution in [1.29, 1.82) is 0 Å². The van der Waals surface area contributed by atoms with Crippen molar-refractivity contribution in [3.8, 4) is 0 Å². The van der Waals surface area contributed by atoms with Gasteiger partial charge in [-0.05, 0) is 40.8 Å². The first kappa shape index (κ1) is 14.7. The summed E-state index contributed by atoms with van der Waals surface area (Å²) in [4.78, 5) is 26.3. The van der Waals surface area contributed by atoms with Crippen molar-refractivity contribution in [2.75, 3.05) is 0 Å². The number of carboxylic acid groups (broad SMARTS) is 1. The minimum absolute atomic E-state index is 0.0275. The number of hydrogen-bond acceptors (Lipinski definition) is 5. The van der Waals surface area contributed by atoms with Gasteiger partial charge in [0, 0.05) is 31.7 Å². The molecule has 1 N–H and O–H groups in total. The third-order valence-corrected chi connectivity index (χ3v) is 4.63. The van der Waals surface area contributed by atoms with Gasteiger partial charge in [-0.15, -0.1) is 0 Å². The van der Waals surface area contributed by atoms with Crippen LogP contribution in [0.4, 0.5) is 5.69 Å². The first-order valence-electron chi connectivity index (χ1n) is 5.28. The van der Waals surface area contributed by atoms with Crippen LogP contribution in [0.15, 0.2) is 46.3 Å². The molecule has 0 fully saturated rings. The highest BCUT2D eigenvalue weighted by Gasteiger charge is 2.11. The second-order valence-corrected chi connectivity index (χ2v) is 5.93. The molecule has 20 heavy (non-hydrogen) atoms. The number of carbonyl (C=O) groups is 1. The molecule has 0 amide bonds. The largest absolute Gasteiger partial charge is 0.477 e. The van der Waals surface area contributed by atoms with E-state index in [0.717, 1.165) is 8.47 Å². The number of rotatable bonds is 4. The lowest BCUT2D eigenvalue weighted by atomic mass is 10.3. The van der Waals surface area contributed by atoms with Crippen LogP contribution in [0, 0.1) is 13.7 Å². The van der Waals surface area contributed by atoms with Gasteiger partial charge in [-0.3, -0.25) is 10.1 Å². The van der Waals surface area contributed by atoms with Gasteiger partial charge in [-0.2, -0.15) is 0 Å².